The number of fused-ring (bicyclic) bond motifs is 1. The maximum absolute atomic E-state index is 11.4. The van der Waals surface area contributed by atoms with Crippen molar-refractivity contribution in [3.63, 3.8) is 0 Å². The van der Waals surface area contributed by atoms with Gasteiger partial charge in [-0.1, -0.05) is 26.7 Å². The van der Waals surface area contributed by atoms with Crippen LogP contribution >= 0.6 is 11.8 Å². The van der Waals surface area contributed by atoms with E-state index in [1.54, 1.807) is 11.8 Å². The van der Waals surface area contributed by atoms with Crippen molar-refractivity contribution in [1.29, 1.82) is 0 Å². The van der Waals surface area contributed by atoms with E-state index in [9.17, 15) is 4.79 Å². The van der Waals surface area contributed by atoms with Crippen LogP contribution in [0.1, 0.15) is 39.5 Å². The molecule has 0 saturated carbocycles. The first-order valence-electron chi connectivity index (χ1n) is 7.06. The first-order chi connectivity index (χ1) is 9.22. The molecule has 2 rings (SSSR count). The van der Waals surface area contributed by atoms with Crippen LogP contribution in [0.2, 0.25) is 0 Å². The zero-order chi connectivity index (χ0) is 13.7. The molecule has 0 atom stereocenters. The van der Waals surface area contributed by atoms with Crippen molar-refractivity contribution in [1.82, 2.24) is 0 Å². The number of benzene rings is 1. The molecule has 0 bridgehead atoms. The summed E-state index contributed by atoms with van der Waals surface area (Å²) in [7, 11) is 0. The van der Waals surface area contributed by atoms with E-state index >= 15 is 0 Å². The highest BCUT2D eigenvalue weighted by molar-refractivity contribution is 8.00. The Kier molecular flexibility index (Phi) is 5.14. The molecule has 1 aliphatic heterocycles. The van der Waals surface area contributed by atoms with Gasteiger partial charge in [0.15, 0.2) is 0 Å². The molecule has 0 unspecified atom stereocenters. The van der Waals surface area contributed by atoms with Crippen molar-refractivity contribution < 1.29 is 4.79 Å². The molecule has 0 fully saturated rings. The first kappa shape index (κ1) is 14.3. The lowest BCUT2D eigenvalue weighted by Gasteiger charge is -2.21. The fourth-order valence-corrected chi connectivity index (χ4v) is 3.18. The summed E-state index contributed by atoms with van der Waals surface area (Å²) < 4.78 is 0. The van der Waals surface area contributed by atoms with Gasteiger partial charge in [0.2, 0.25) is 5.91 Å². The minimum atomic E-state index is 0.0910. The summed E-state index contributed by atoms with van der Waals surface area (Å²) in [6.45, 7) is 4.43. The molecule has 3 nitrogen and oxygen atoms in total. The van der Waals surface area contributed by atoms with Gasteiger partial charge in [0.05, 0.1) is 11.4 Å². The van der Waals surface area contributed by atoms with Crippen LogP contribution in [0, 0.1) is 0 Å². The molecule has 0 saturated heterocycles. The third-order valence-corrected chi connectivity index (χ3v) is 4.33. The first-order valence-corrected chi connectivity index (χ1v) is 8.04. The average molecular weight is 278 g/mol. The van der Waals surface area contributed by atoms with Crippen molar-refractivity contribution in [2.45, 2.75) is 50.5 Å². The van der Waals surface area contributed by atoms with Crippen molar-refractivity contribution in [3.8, 4) is 0 Å². The number of hydrogen-bond donors (Lipinski definition) is 2. The Morgan fingerprint density at radius 1 is 1.32 bits per heavy atom. The zero-order valence-corrected chi connectivity index (χ0v) is 12.5. The summed E-state index contributed by atoms with van der Waals surface area (Å²) in [5.41, 5.74) is 2.05. The number of nitrogens with one attached hydrogen (secondary N) is 2. The summed E-state index contributed by atoms with van der Waals surface area (Å²) in [5, 5.41) is 6.52. The van der Waals surface area contributed by atoms with Crippen molar-refractivity contribution in [2.24, 2.45) is 0 Å². The summed E-state index contributed by atoms with van der Waals surface area (Å²) in [4.78, 5) is 12.6. The number of amides is 1. The van der Waals surface area contributed by atoms with Crippen LogP contribution in [0.15, 0.2) is 23.1 Å². The highest BCUT2D eigenvalue weighted by Crippen LogP contribution is 2.33. The van der Waals surface area contributed by atoms with Crippen LogP contribution in [0.3, 0.4) is 0 Å². The fraction of sp³-hybridized carbons (Fsp3) is 0.533. The number of rotatable bonds is 6. The molecule has 19 heavy (non-hydrogen) atoms. The smallest absolute Gasteiger partial charge is 0.234 e. The molecule has 0 aromatic heterocycles. The van der Waals surface area contributed by atoms with Gasteiger partial charge in [-0.2, -0.15) is 0 Å². The molecule has 2 N–H and O–H groups in total. The lowest BCUT2D eigenvalue weighted by atomic mass is 10.1. The molecule has 1 aliphatic rings. The summed E-state index contributed by atoms with van der Waals surface area (Å²) in [5.74, 6) is 0.613. The molecule has 0 spiro atoms. The second-order valence-corrected chi connectivity index (χ2v) is 5.98. The lowest BCUT2D eigenvalue weighted by molar-refractivity contribution is -0.113. The van der Waals surface area contributed by atoms with Crippen LogP contribution in [0.4, 0.5) is 11.4 Å². The number of carbonyl (C=O) groups excluding carboxylic acids is 1. The predicted molar refractivity (Wildman–Crippen MR) is 83.0 cm³/mol. The topological polar surface area (TPSA) is 41.1 Å². The Hall–Kier alpha value is -1.16. The second kappa shape index (κ2) is 6.85. The molecule has 0 aliphatic carbocycles. The van der Waals surface area contributed by atoms with Crippen molar-refractivity contribution >= 4 is 29.0 Å². The van der Waals surface area contributed by atoms with Gasteiger partial charge in [-0.3, -0.25) is 4.79 Å². The molecule has 1 heterocycles. The third-order valence-electron chi connectivity index (χ3n) is 3.26. The average Bonchev–Trinajstić information content (AvgIpc) is 2.39. The van der Waals surface area contributed by atoms with Gasteiger partial charge in [0, 0.05) is 16.6 Å². The van der Waals surface area contributed by atoms with E-state index in [0.29, 0.717) is 11.8 Å². The van der Waals surface area contributed by atoms with E-state index in [2.05, 4.69) is 42.7 Å². The Labute approximate surface area is 119 Å². The quantitative estimate of drug-likeness (QED) is 0.822. The summed E-state index contributed by atoms with van der Waals surface area (Å²) in [6, 6.07) is 6.79. The number of carbonyl (C=O) groups is 1. The Morgan fingerprint density at radius 2 is 2.05 bits per heavy atom. The van der Waals surface area contributed by atoms with Gasteiger partial charge in [0.1, 0.15) is 0 Å². The van der Waals surface area contributed by atoms with E-state index in [0.717, 1.165) is 16.3 Å². The maximum atomic E-state index is 11.4. The summed E-state index contributed by atoms with van der Waals surface area (Å²) >= 11 is 1.61. The molecule has 0 radical (unpaired) electrons. The minimum absolute atomic E-state index is 0.0910. The van der Waals surface area contributed by atoms with E-state index in [1.807, 2.05) is 0 Å². The number of thioether (sulfide) groups is 1. The Balaban J connectivity index is 2.08. The monoisotopic (exact) mass is 278 g/mol. The molecule has 4 heteroatoms. The fourth-order valence-electron chi connectivity index (χ4n) is 2.39. The maximum Gasteiger partial charge on any atom is 0.234 e. The summed E-state index contributed by atoms with van der Waals surface area (Å²) in [6.07, 6.45) is 4.75. The highest BCUT2D eigenvalue weighted by Gasteiger charge is 2.16. The van der Waals surface area contributed by atoms with Crippen LogP contribution in [-0.4, -0.2) is 17.7 Å². The molecule has 1 aromatic rings. The van der Waals surface area contributed by atoms with Crippen LogP contribution in [0.25, 0.3) is 0 Å². The normalized spacial score (nSPS) is 14.2. The van der Waals surface area contributed by atoms with E-state index < -0.39 is 0 Å². The van der Waals surface area contributed by atoms with E-state index in [-0.39, 0.29) is 5.91 Å². The van der Waals surface area contributed by atoms with Gasteiger partial charge in [-0.25, -0.2) is 0 Å². The number of hydrogen-bond acceptors (Lipinski definition) is 3. The number of anilines is 2. The van der Waals surface area contributed by atoms with Crippen LogP contribution in [-0.2, 0) is 4.79 Å². The van der Waals surface area contributed by atoms with Gasteiger partial charge < -0.3 is 10.6 Å². The standard InChI is InChI=1S/C15H22N2OS/c1-3-5-11(6-4-2)16-12-7-8-14-13(9-12)17-15(18)10-19-14/h7-9,11,16H,3-6,10H2,1-2H3,(H,17,18). The largest absolute Gasteiger partial charge is 0.382 e. The zero-order valence-electron chi connectivity index (χ0n) is 11.7. The SMILES string of the molecule is CCCC(CCC)Nc1ccc2c(c1)NC(=O)CS2. The second-order valence-electron chi connectivity index (χ2n) is 4.97. The molecular formula is C15H22N2OS. The van der Waals surface area contributed by atoms with Crippen LogP contribution < -0.4 is 10.6 Å². The van der Waals surface area contributed by atoms with Gasteiger partial charge in [-0.05, 0) is 31.0 Å². The van der Waals surface area contributed by atoms with Crippen molar-refractivity contribution in [2.75, 3.05) is 16.4 Å². The minimum Gasteiger partial charge on any atom is -0.382 e. The van der Waals surface area contributed by atoms with Gasteiger partial charge in [-0.15, -0.1) is 11.8 Å². The van der Waals surface area contributed by atoms with E-state index in [4.69, 9.17) is 0 Å². The third kappa shape index (κ3) is 3.90. The van der Waals surface area contributed by atoms with Gasteiger partial charge >= 0.3 is 0 Å². The molecular weight excluding hydrogens is 256 g/mol. The Bertz CT molecular complexity index is 442. The highest BCUT2D eigenvalue weighted by atomic mass is 32.2. The van der Waals surface area contributed by atoms with Crippen LogP contribution in [0.5, 0.6) is 0 Å². The van der Waals surface area contributed by atoms with Gasteiger partial charge in [0.25, 0.3) is 0 Å². The molecule has 1 amide bonds. The Morgan fingerprint density at radius 3 is 2.74 bits per heavy atom. The predicted octanol–water partition coefficient (Wildman–Crippen LogP) is 4.11. The van der Waals surface area contributed by atoms with E-state index in [1.165, 1.54) is 25.7 Å². The molecule has 1 aromatic carbocycles. The lowest BCUT2D eigenvalue weighted by Crippen LogP contribution is -2.21. The van der Waals surface area contributed by atoms with Crippen molar-refractivity contribution in [3.05, 3.63) is 18.2 Å². The molecule has 104 valence electrons.